The highest BCUT2D eigenvalue weighted by Gasteiger charge is 2.16. The van der Waals surface area contributed by atoms with Crippen LogP contribution >= 0.6 is 0 Å². The third-order valence-electron chi connectivity index (χ3n) is 8.41. The van der Waals surface area contributed by atoms with Gasteiger partial charge < -0.3 is 14.6 Å². The Morgan fingerprint density at radius 1 is 0.500 bits per heavy atom. The van der Waals surface area contributed by atoms with E-state index in [0.717, 1.165) is 51.4 Å². The molecule has 0 radical (unpaired) electrons. The minimum absolute atomic E-state index is 0.0711. The van der Waals surface area contributed by atoms with Gasteiger partial charge in [0.2, 0.25) is 0 Å². The van der Waals surface area contributed by atoms with Crippen LogP contribution in [0.5, 0.6) is 0 Å². The second-order valence-corrected chi connectivity index (χ2v) is 13.0. The number of rotatable bonds is 35. The summed E-state index contributed by atoms with van der Waals surface area (Å²) in [5.41, 5.74) is 0. The first-order chi connectivity index (χ1) is 22.6. The molecular weight excluding hydrogens is 572 g/mol. The van der Waals surface area contributed by atoms with Crippen LogP contribution in [0.15, 0.2) is 36.5 Å². The van der Waals surface area contributed by atoms with Crippen molar-refractivity contribution in [3.8, 4) is 0 Å². The Morgan fingerprint density at radius 3 is 1.37 bits per heavy atom. The molecule has 0 aromatic carbocycles. The smallest absolute Gasteiger partial charge is 0.306 e. The molecule has 0 aliphatic carbocycles. The molecule has 1 unspecified atom stereocenters. The SMILES string of the molecule is CCCC/C=C\CCCCCCCC(=O)OCC(CO)OC(=O)CCCCCCCCCCC/C=C\C/C=C\CCCCCCC. The first-order valence-corrected chi connectivity index (χ1v) is 19.5. The average molecular weight is 647 g/mol. The number of hydrogen-bond donors (Lipinski definition) is 1. The summed E-state index contributed by atoms with van der Waals surface area (Å²) in [7, 11) is 0. The first kappa shape index (κ1) is 44.1. The monoisotopic (exact) mass is 647 g/mol. The topological polar surface area (TPSA) is 72.8 Å². The van der Waals surface area contributed by atoms with Crippen molar-refractivity contribution < 1.29 is 24.2 Å². The van der Waals surface area contributed by atoms with Crippen molar-refractivity contribution in [1.82, 2.24) is 0 Å². The van der Waals surface area contributed by atoms with Crippen molar-refractivity contribution in [1.29, 1.82) is 0 Å². The molecule has 0 saturated heterocycles. The molecule has 0 aliphatic rings. The Morgan fingerprint density at radius 2 is 0.891 bits per heavy atom. The molecule has 0 spiro atoms. The zero-order chi connectivity index (χ0) is 33.6. The van der Waals surface area contributed by atoms with E-state index in [4.69, 9.17) is 9.47 Å². The van der Waals surface area contributed by atoms with Gasteiger partial charge in [0.05, 0.1) is 6.61 Å². The first-order valence-electron chi connectivity index (χ1n) is 19.5. The van der Waals surface area contributed by atoms with E-state index in [2.05, 4.69) is 50.3 Å². The van der Waals surface area contributed by atoms with Crippen LogP contribution in [0.4, 0.5) is 0 Å². The minimum atomic E-state index is -0.774. The van der Waals surface area contributed by atoms with Crippen LogP contribution in [0, 0.1) is 0 Å². The molecule has 0 rings (SSSR count). The van der Waals surface area contributed by atoms with Crippen LogP contribution in [-0.4, -0.2) is 36.4 Å². The number of aliphatic hydroxyl groups excluding tert-OH is 1. The number of carbonyl (C=O) groups is 2. The van der Waals surface area contributed by atoms with Gasteiger partial charge in [0.25, 0.3) is 0 Å². The van der Waals surface area contributed by atoms with Gasteiger partial charge in [-0.1, -0.05) is 153 Å². The van der Waals surface area contributed by atoms with Gasteiger partial charge >= 0.3 is 11.9 Å². The summed E-state index contributed by atoms with van der Waals surface area (Å²) in [5, 5.41) is 9.53. The molecule has 0 heterocycles. The Labute approximate surface area is 285 Å². The van der Waals surface area contributed by atoms with E-state index in [-0.39, 0.29) is 25.2 Å². The van der Waals surface area contributed by atoms with Crippen molar-refractivity contribution in [2.24, 2.45) is 0 Å². The standard InChI is InChI=1S/C41H74O5/c1-3-5-7-9-11-13-15-16-17-18-19-20-21-22-23-24-26-28-30-32-34-36-41(44)46-39(37-42)38-45-40(43)35-33-31-29-27-25-14-12-10-8-6-4-2/h10,12,15-16,18-19,39,42H,3-9,11,13-14,17,20-38H2,1-2H3/b12-10-,16-15-,19-18-. The Hall–Kier alpha value is -1.88. The van der Waals surface area contributed by atoms with E-state index in [1.807, 2.05) is 0 Å². The van der Waals surface area contributed by atoms with Gasteiger partial charge in [0, 0.05) is 12.8 Å². The van der Waals surface area contributed by atoms with Gasteiger partial charge in [-0.05, 0) is 64.2 Å². The number of esters is 2. The molecule has 0 aliphatic heterocycles. The maximum Gasteiger partial charge on any atom is 0.306 e. The molecule has 46 heavy (non-hydrogen) atoms. The number of aliphatic hydroxyl groups is 1. The lowest BCUT2D eigenvalue weighted by molar-refractivity contribution is -0.161. The van der Waals surface area contributed by atoms with Gasteiger partial charge in [-0.2, -0.15) is 0 Å². The predicted octanol–water partition coefficient (Wildman–Crippen LogP) is 12.1. The molecule has 0 aromatic rings. The van der Waals surface area contributed by atoms with E-state index in [9.17, 15) is 14.7 Å². The lowest BCUT2D eigenvalue weighted by Crippen LogP contribution is -2.28. The number of carbonyl (C=O) groups excluding carboxylic acids is 2. The van der Waals surface area contributed by atoms with Crippen LogP contribution in [0.1, 0.15) is 194 Å². The van der Waals surface area contributed by atoms with Crippen LogP contribution in [0.25, 0.3) is 0 Å². The predicted molar refractivity (Wildman–Crippen MR) is 196 cm³/mol. The average Bonchev–Trinajstić information content (AvgIpc) is 3.06. The fraction of sp³-hybridized carbons (Fsp3) is 0.805. The van der Waals surface area contributed by atoms with Crippen LogP contribution in [0.2, 0.25) is 0 Å². The van der Waals surface area contributed by atoms with Gasteiger partial charge in [0.1, 0.15) is 6.61 Å². The highest BCUT2D eigenvalue weighted by Crippen LogP contribution is 2.13. The third kappa shape index (κ3) is 35.0. The summed E-state index contributed by atoms with van der Waals surface area (Å²) >= 11 is 0. The maximum absolute atomic E-state index is 12.2. The molecule has 0 fully saturated rings. The Balaban J connectivity index is 3.55. The molecule has 0 amide bonds. The highest BCUT2D eigenvalue weighted by molar-refractivity contribution is 5.70. The summed E-state index contributed by atoms with van der Waals surface area (Å²) < 4.78 is 10.6. The summed E-state index contributed by atoms with van der Waals surface area (Å²) in [6.45, 7) is 4.07. The quantitative estimate of drug-likeness (QED) is 0.0421. The number of allylic oxidation sites excluding steroid dienone is 6. The van der Waals surface area contributed by atoms with Gasteiger partial charge in [0.15, 0.2) is 6.10 Å². The maximum atomic E-state index is 12.2. The van der Waals surface area contributed by atoms with E-state index < -0.39 is 6.10 Å². The van der Waals surface area contributed by atoms with Crippen molar-refractivity contribution >= 4 is 11.9 Å². The van der Waals surface area contributed by atoms with E-state index in [1.165, 1.54) is 116 Å². The molecule has 5 nitrogen and oxygen atoms in total. The van der Waals surface area contributed by atoms with E-state index >= 15 is 0 Å². The largest absolute Gasteiger partial charge is 0.462 e. The normalized spacial score (nSPS) is 12.5. The lowest BCUT2D eigenvalue weighted by Gasteiger charge is -2.15. The van der Waals surface area contributed by atoms with Crippen LogP contribution < -0.4 is 0 Å². The molecule has 5 heteroatoms. The number of hydrogen-bond acceptors (Lipinski definition) is 5. The summed E-state index contributed by atoms with van der Waals surface area (Å²) in [4.78, 5) is 24.2. The van der Waals surface area contributed by atoms with Crippen molar-refractivity contribution in [2.45, 2.75) is 200 Å². The van der Waals surface area contributed by atoms with Crippen molar-refractivity contribution in [3.63, 3.8) is 0 Å². The number of ether oxygens (including phenoxy) is 2. The second-order valence-electron chi connectivity index (χ2n) is 13.0. The lowest BCUT2D eigenvalue weighted by atomic mass is 10.1. The fourth-order valence-electron chi connectivity index (χ4n) is 5.39. The summed E-state index contributed by atoms with van der Waals surface area (Å²) in [6.07, 6.45) is 44.9. The highest BCUT2D eigenvalue weighted by atomic mass is 16.6. The third-order valence-corrected chi connectivity index (χ3v) is 8.41. The second kappa shape index (κ2) is 37.6. The summed E-state index contributed by atoms with van der Waals surface area (Å²) in [6, 6.07) is 0. The van der Waals surface area contributed by atoms with Crippen LogP contribution in [-0.2, 0) is 19.1 Å². The van der Waals surface area contributed by atoms with Gasteiger partial charge in [-0.15, -0.1) is 0 Å². The molecule has 0 saturated carbocycles. The van der Waals surface area contributed by atoms with Crippen molar-refractivity contribution in [3.05, 3.63) is 36.5 Å². The molecule has 1 N–H and O–H groups in total. The van der Waals surface area contributed by atoms with E-state index in [0.29, 0.717) is 12.8 Å². The molecule has 0 aromatic heterocycles. The van der Waals surface area contributed by atoms with Crippen molar-refractivity contribution in [2.75, 3.05) is 13.2 Å². The Kier molecular flexibility index (Phi) is 36.0. The fourth-order valence-corrected chi connectivity index (χ4v) is 5.39. The van der Waals surface area contributed by atoms with Crippen LogP contribution in [0.3, 0.4) is 0 Å². The van der Waals surface area contributed by atoms with E-state index in [1.54, 1.807) is 0 Å². The molecular formula is C41H74O5. The zero-order valence-corrected chi connectivity index (χ0v) is 30.3. The van der Waals surface area contributed by atoms with Gasteiger partial charge in [-0.25, -0.2) is 0 Å². The minimum Gasteiger partial charge on any atom is -0.462 e. The number of unbranched alkanes of at least 4 members (excludes halogenated alkanes) is 21. The molecule has 1 atom stereocenters. The molecule has 0 bridgehead atoms. The Bertz CT molecular complexity index is 741. The zero-order valence-electron chi connectivity index (χ0n) is 30.3. The summed E-state index contributed by atoms with van der Waals surface area (Å²) in [5.74, 6) is -0.606. The van der Waals surface area contributed by atoms with Gasteiger partial charge in [-0.3, -0.25) is 9.59 Å². The molecule has 268 valence electrons.